The van der Waals surface area contributed by atoms with Crippen molar-refractivity contribution in [2.75, 3.05) is 49.7 Å². The summed E-state index contributed by atoms with van der Waals surface area (Å²) in [6.07, 6.45) is 1.58. The molecular weight excluding hydrogens is 304 g/mol. The second kappa shape index (κ2) is 8.93. The number of nitrogens with one attached hydrogen (secondary N) is 2. The number of rotatable bonds is 9. The number of hydrogen-bond donors (Lipinski definition) is 3. The van der Waals surface area contributed by atoms with Gasteiger partial charge in [0.25, 0.3) is 0 Å². The van der Waals surface area contributed by atoms with Gasteiger partial charge in [0.05, 0.1) is 11.9 Å². The van der Waals surface area contributed by atoms with E-state index in [4.69, 9.17) is 10.5 Å². The molecule has 1 aromatic carbocycles. The van der Waals surface area contributed by atoms with Gasteiger partial charge >= 0.3 is 0 Å². The monoisotopic (exact) mass is 330 g/mol. The molecule has 1 heterocycles. The molecule has 7 heteroatoms. The zero-order valence-corrected chi connectivity index (χ0v) is 14.5. The van der Waals surface area contributed by atoms with Crippen LogP contribution >= 0.6 is 0 Å². The molecule has 0 atom stereocenters. The van der Waals surface area contributed by atoms with Gasteiger partial charge in [-0.3, -0.25) is 0 Å². The molecule has 0 saturated carbocycles. The van der Waals surface area contributed by atoms with Crippen LogP contribution in [0.5, 0.6) is 5.75 Å². The van der Waals surface area contributed by atoms with Crippen molar-refractivity contribution < 1.29 is 4.74 Å². The average Bonchev–Trinajstić information content (AvgIpc) is 2.61. The molecule has 0 aliphatic rings. The van der Waals surface area contributed by atoms with Gasteiger partial charge in [-0.15, -0.1) is 0 Å². The minimum atomic E-state index is 0.480. The molecule has 0 radical (unpaired) electrons. The number of nitrogens with two attached hydrogens (primary N) is 1. The van der Waals surface area contributed by atoms with Crippen molar-refractivity contribution in [2.24, 2.45) is 0 Å². The highest BCUT2D eigenvalue weighted by atomic mass is 16.5. The third-order valence-corrected chi connectivity index (χ3v) is 3.71. The molecule has 24 heavy (non-hydrogen) atoms. The van der Waals surface area contributed by atoms with Crippen LogP contribution in [0.4, 0.5) is 23.1 Å². The van der Waals surface area contributed by atoms with Gasteiger partial charge in [0, 0.05) is 25.3 Å². The highest BCUT2D eigenvalue weighted by molar-refractivity contribution is 5.64. The van der Waals surface area contributed by atoms with E-state index < -0.39 is 0 Å². The zero-order chi connectivity index (χ0) is 17.4. The van der Waals surface area contributed by atoms with Crippen LogP contribution in [-0.2, 0) is 0 Å². The zero-order valence-electron chi connectivity index (χ0n) is 14.5. The first-order valence-corrected chi connectivity index (χ1v) is 8.18. The Hall–Kier alpha value is -2.54. The third-order valence-electron chi connectivity index (χ3n) is 3.71. The Bertz CT molecular complexity index is 645. The van der Waals surface area contributed by atoms with Gasteiger partial charge in [0.15, 0.2) is 5.82 Å². The summed E-state index contributed by atoms with van der Waals surface area (Å²) in [5.74, 6) is 1.89. The molecule has 2 rings (SSSR count). The van der Waals surface area contributed by atoms with Crippen LogP contribution in [0.15, 0.2) is 30.5 Å². The largest absolute Gasteiger partial charge is 0.492 e. The second-order valence-corrected chi connectivity index (χ2v) is 5.28. The lowest BCUT2D eigenvalue weighted by atomic mass is 10.3. The molecule has 0 aliphatic heterocycles. The van der Waals surface area contributed by atoms with Gasteiger partial charge in [-0.2, -0.15) is 4.98 Å². The number of likely N-dealkylation sites (N-methyl/N-ethyl adjacent to an activating group) is 1. The summed E-state index contributed by atoms with van der Waals surface area (Å²) in [7, 11) is 1.77. The molecule has 0 aliphatic carbocycles. The lowest BCUT2D eigenvalue weighted by molar-refractivity contribution is 0.223. The molecule has 0 spiro atoms. The Morgan fingerprint density at radius 1 is 1.25 bits per heavy atom. The topological polar surface area (TPSA) is 88.3 Å². The van der Waals surface area contributed by atoms with E-state index in [9.17, 15) is 0 Å². The lowest BCUT2D eigenvalue weighted by Crippen LogP contribution is -2.27. The summed E-state index contributed by atoms with van der Waals surface area (Å²) < 4.78 is 5.83. The number of anilines is 4. The standard InChI is InChI=1S/C17H26N6O/c1-4-23(5-2)9-10-24-14-8-6-7-13(11-14)21-17-20-12-15(18)16(19-3)22-17/h6-8,11-12H,4-5,9-10,18H2,1-3H3,(H2,19,20,21,22). The van der Waals surface area contributed by atoms with Crippen LogP contribution in [0.2, 0.25) is 0 Å². The van der Waals surface area contributed by atoms with Crippen LogP contribution in [0.1, 0.15) is 13.8 Å². The van der Waals surface area contributed by atoms with Crippen LogP contribution < -0.4 is 21.1 Å². The van der Waals surface area contributed by atoms with E-state index in [-0.39, 0.29) is 0 Å². The molecular formula is C17H26N6O. The van der Waals surface area contributed by atoms with Crippen LogP contribution in [-0.4, -0.2) is 48.2 Å². The van der Waals surface area contributed by atoms with Gasteiger partial charge in [0.2, 0.25) is 5.95 Å². The number of aromatic nitrogens is 2. The predicted octanol–water partition coefficient (Wildman–Crippen LogP) is 2.56. The fourth-order valence-corrected chi connectivity index (χ4v) is 2.28. The van der Waals surface area contributed by atoms with Crippen molar-refractivity contribution in [3.05, 3.63) is 30.5 Å². The van der Waals surface area contributed by atoms with Crippen molar-refractivity contribution in [3.63, 3.8) is 0 Å². The molecule has 2 aromatic rings. The first-order valence-electron chi connectivity index (χ1n) is 8.18. The molecule has 7 nitrogen and oxygen atoms in total. The van der Waals surface area contributed by atoms with E-state index in [0.29, 0.717) is 24.1 Å². The molecule has 130 valence electrons. The Labute approximate surface area is 143 Å². The van der Waals surface area contributed by atoms with Gasteiger partial charge in [-0.1, -0.05) is 19.9 Å². The van der Waals surface area contributed by atoms with Crippen LogP contribution in [0.25, 0.3) is 0 Å². The average molecular weight is 330 g/mol. The van der Waals surface area contributed by atoms with Gasteiger partial charge in [0.1, 0.15) is 12.4 Å². The van der Waals surface area contributed by atoms with E-state index in [1.165, 1.54) is 0 Å². The van der Waals surface area contributed by atoms with Gasteiger partial charge in [-0.25, -0.2) is 4.98 Å². The highest BCUT2D eigenvalue weighted by Crippen LogP contribution is 2.21. The van der Waals surface area contributed by atoms with Crippen molar-refractivity contribution in [2.45, 2.75) is 13.8 Å². The number of nitrogen functional groups attached to an aromatic ring is 1. The van der Waals surface area contributed by atoms with E-state index in [1.54, 1.807) is 13.2 Å². The first kappa shape index (κ1) is 17.8. The summed E-state index contributed by atoms with van der Waals surface area (Å²) in [6.45, 7) is 7.94. The molecule has 0 amide bonds. The number of hydrogen-bond acceptors (Lipinski definition) is 7. The smallest absolute Gasteiger partial charge is 0.229 e. The van der Waals surface area contributed by atoms with Crippen molar-refractivity contribution >= 4 is 23.1 Å². The Balaban J connectivity index is 1.97. The predicted molar refractivity (Wildman–Crippen MR) is 99.0 cm³/mol. The van der Waals surface area contributed by atoms with E-state index >= 15 is 0 Å². The van der Waals surface area contributed by atoms with Crippen LogP contribution in [0, 0.1) is 0 Å². The van der Waals surface area contributed by atoms with E-state index in [1.807, 2.05) is 24.3 Å². The van der Waals surface area contributed by atoms with E-state index in [2.05, 4.69) is 39.3 Å². The number of benzene rings is 1. The highest BCUT2D eigenvalue weighted by Gasteiger charge is 2.05. The molecule has 1 aromatic heterocycles. The van der Waals surface area contributed by atoms with Gasteiger partial charge < -0.3 is 26.0 Å². The van der Waals surface area contributed by atoms with Crippen molar-refractivity contribution in [1.82, 2.24) is 14.9 Å². The summed E-state index contributed by atoms with van der Waals surface area (Å²) in [5.41, 5.74) is 7.15. The summed E-state index contributed by atoms with van der Waals surface area (Å²) >= 11 is 0. The third kappa shape index (κ3) is 4.99. The SMILES string of the molecule is CCN(CC)CCOc1cccc(Nc2ncc(N)c(NC)n2)c1. The normalized spacial score (nSPS) is 10.7. The minimum Gasteiger partial charge on any atom is -0.492 e. The van der Waals surface area contributed by atoms with E-state index in [0.717, 1.165) is 31.1 Å². The Morgan fingerprint density at radius 2 is 2.04 bits per heavy atom. The quantitative estimate of drug-likeness (QED) is 0.651. The Morgan fingerprint density at radius 3 is 2.75 bits per heavy atom. The second-order valence-electron chi connectivity index (χ2n) is 5.28. The fourth-order valence-electron chi connectivity index (χ4n) is 2.28. The summed E-state index contributed by atoms with van der Waals surface area (Å²) in [5, 5.41) is 6.10. The lowest BCUT2D eigenvalue weighted by Gasteiger charge is -2.18. The Kier molecular flexibility index (Phi) is 6.62. The van der Waals surface area contributed by atoms with Gasteiger partial charge in [-0.05, 0) is 25.2 Å². The van der Waals surface area contributed by atoms with Crippen molar-refractivity contribution in [3.8, 4) is 5.75 Å². The molecule has 0 unspecified atom stereocenters. The number of ether oxygens (including phenoxy) is 1. The maximum Gasteiger partial charge on any atom is 0.229 e. The minimum absolute atomic E-state index is 0.480. The fraction of sp³-hybridized carbons (Fsp3) is 0.412. The summed E-state index contributed by atoms with van der Waals surface area (Å²) in [6, 6.07) is 7.75. The first-order chi connectivity index (χ1) is 11.7. The molecule has 4 N–H and O–H groups in total. The maximum absolute atomic E-state index is 5.83. The molecule has 0 saturated heterocycles. The summed E-state index contributed by atoms with van der Waals surface area (Å²) in [4.78, 5) is 10.8. The molecule has 0 bridgehead atoms. The number of nitrogens with zero attached hydrogens (tertiary/aromatic N) is 3. The maximum atomic E-state index is 5.83. The van der Waals surface area contributed by atoms with Crippen LogP contribution in [0.3, 0.4) is 0 Å². The van der Waals surface area contributed by atoms with Crippen molar-refractivity contribution in [1.29, 1.82) is 0 Å². The molecule has 0 fully saturated rings.